The second-order valence-corrected chi connectivity index (χ2v) is 6.14. The fraction of sp³-hybridized carbons (Fsp3) is 0.111. The van der Waals surface area contributed by atoms with E-state index in [0.717, 1.165) is 15.8 Å². The highest BCUT2D eigenvalue weighted by molar-refractivity contribution is 7.17. The maximum Gasteiger partial charge on any atom is 0.251 e. The second-order valence-electron chi connectivity index (χ2n) is 5.19. The molecule has 1 heterocycles. The third-order valence-corrected chi connectivity index (χ3v) is 4.41. The van der Waals surface area contributed by atoms with E-state index in [4.69, 9.17) is 0 Å². The molecule has 3 rings (SSSR count). The zero-order chi connectivity index (χ0) is 16.2. The third-order valence-electron chi connectivity index (χ3n) is 3.53. The van der Waals surface area contributed by atoms with Crippen molar-refractivity contribution >= 4 is 38.9 Å². The summed E-state index contributed by atoms with van der Waals surface area (Å²) in [5.74, 6) is -0.505. The molecule has 1 atom stereocenters. The van der Waals surface area contributed by atoms with Crippen LogP contribution in [0.4, 0.5) is 5.69 Å². The number of carbonyl (C=O) groups is 2. The van der Waals surface area contributed by atoms with Gasteiger partial charge in [0, 0.05) is 21.3 Å². The molecule has 4 nitrogen and oxygen atoms in total. The number of hydrogen-bond donors (Lipinski definition) is 2. The molecule has 116 valence electrons. The molecule has 0 radical (unpaired) electrons. The van der Waals surface area contributed by atoms with Crippen molar-refractivity contribution in [2.75, 3.05) is 5.32 Å². The number of hydrogen-bond acceptors (Lipinski definition) is 3. The first-order valence-electron chi connectivity index (χ1n) is 7.28. The number of amides is 2. The minimum Gasteiger partial charge on any atom is -0.341 e. The number of nitrogens with one attached hydrogen (secondary N) is 2. The van der Waals surface area contributed by atoms with Crippen molar-refractivity contribution < 1.29 is 9.59 Å². The Morgan fingerprint density at radius 3 is 2.57 bits per heavy atom. The van der Waals surface area contributed by atoms with Crippen LogP contribution in [0.1, 0.15) is 17.3 Å². The van der Waals surface area contributed by atoms with Crippen LogP contribution in [0.25, 0.3) is 10.1 Å². The first-order chi connectivity index (χ1) is 11.1. The number of anilines is 1. The molecular formula is C18H16N2O2S. The van der Waals surface area contributed by atoms with Gasteiger partial charge in [0.2, 0.25) is 5.91 Å². The molecule has 2 aromatic carbocycles. The molecule has 0 aliphatic heterocycles. The molecule has 1 aromatic heterocycles. The number of benzene rings is 2. The van der Waals surface area contributed by atoms with Crippen molar-refractivity contribution in [1.29, 1.82) is 0 Å². The Labute approximate surface area is 138 Å². The van der Waals surface area contributed by atoms with Gasteiger partial charge in [0.1, 0.15) is 6.04 Å². The minimum absolute atomic E-state index is 0.243. The number of carbonyl (C=O) groups excluding carboxylic acids is 2. The van der Waals surface area contributed by atoms with Crippen molar-refractivity contribution in [3.63, 3.8) is 0 Å². The van der Waals surface area contributed by atoms with Crippen LogP contribution in [-0.2, 0) is 4.79 Å². The Morgan fingerprint density at radius 2 is 1.78 bits per heavy atom. The highest BCUT2D eigenvalue weighted by atomic mass is 32.1. The maximum atomic E-state index is 12.3. The standard InChI is InChI=1S/C18H16N2O2S/c1-12(19-18(22)13-6-3-2-4-7-13)17(21)20-15-8-5-9-16-14(15)10-11-23-16/h2-12H,1H3,(H,19,22)(H,20,21). The van der Waals surface area contributed by atoms with Crippen LogP contribution in [0.5, 0.6) is 0 Å². The first-order valence-corrected chi connectivity index (χ1v) is 8.16. The smallest absolute Gasteiger partial charge is 0.251 e. The molecule has 2 N–H and O–H groups in total. The summed E-state index contributed by atoms with van der Waals surface area (Å²) in [6.07, 6.45) is 0. The van der Waals surface area contributed by atoms with Crippen LogP contribution in [0.3, 0.4) is 0 Å². The highest BCUT2D eigenvalue weighted by Gasteiger charge is 2.17. The van der Waals surface area contributed by atoms with Gasteiger partial charge >= 0.3 is 0 Å². The molecule has 3 aromatic rings. The van der Waals surface area contributed by atoms with E-state index in [0.29, 0.717) is 5.56 Å². The summed E-state index contributed by atoms with van der Waals surface area (Å²) in [5, 5.41) is 8.58. The number of thiophene rings is 1. The molecule has 0 aliphatic rings. The molecule has 0 saturated carbocycles. The predicted molar refractivity (Wildman–Crippen MR) is 93.8 cm³/mol. The molecule has 0 bridgehead atoms. The fourth-order valence-electron chi connectivity index (χ4n) is 2.28. The van der Waals surface area contributed by atoms with E-state index < -0.39 is 6.04 Å². The molecule has 0 spiro atoms. The molecule has 5 heteroatoms. The maximum absolute atomic E-state index is 12.3. The van der Waals surface area contributed by atoms with Crippen LogP contribution in [0, 0.1) is 0 Å². The summed E-state index contributed by atoms with van der Waals surface area (Å²) in [7, 11) is 0. The summed E-state index contributed by atoms with van der Waals surface area (Å²) in [6.45, 7) is 1.67. The largest absolute Gasteiger partial charge is 0.341 e. The number of fused-ring (bicyclic) bond motifs is 1. The van der Waals surface area contributed by atoms with E-state index in [1.807, 2.05) is 35.7 Å². The van der Waals surface area contributed by atoms with Crippen molar-refractivity contribution in [3.05, 3.63) is 65.5 Å². The Kier molecular flexibility index (Phi) is 4.39. The monoisotopic (exact) mass is 324 g/mol. The molecule has 1 unspecified atom stereocenters. The number of rotatable bonds is 4. The molecule has 0 aliphatic carbocycles. The van der Waals surface area contributed by atoms with Gasteiger partial charge in [0.15, 0.2) is 0 Å². The second kappa shape index (κ2) is 6.62. The molecule has 2 amide bonds. The topological polar surface area (TPSA) is 58.2 Å². The van der Waals surface area contributed by atoms with E-state index in [9.17, 15) is 9.59 Å². The average Bonchev–Trinajstić information content (AvgIpc) is 3.05. The van der Waals surface area contributed by atoms with E-state index >= 15 is 0 Å². The van der Waals surface area contributed by atoms with E-state index in [1.54, 1.807) is 42.5 Å². The minimum atomic E-state index is -0.628. The van der Waals surface area contributed by atoms with Gasteiger partial charge in [-0.3, -0.25) is 9.59 Å². The van der Waals surface area contributed by atoms with E-state index in [-0.39, 0.29) is 11.8 Å². The van der Waals surface area contributed by atoms with Gasteiger partial charge in [-0.1, -0.05) is 24.3 Å². The lowest BCUT2D eigenvalue weighted by molar-refractivity contribution is -0.117. The lowest BCUT2D eigenvalue weighted by atomic mass is 10.2. The third kappa shape index (κ3) is 3.40. The van der Waals surface area contributed by atoms with Crippen LogP contribution < -0.4 is 10.6 Å². The van der Waals surface area contributed by atoms with Crippen LogP contribution in [0.2, 0.25) is 0 Å². The van der Waals surface area contributed by atoms with Crippen LogP contribution in [0.15, 0.2) is 60.0 Å². The Bertz CT molecular complexity index is 842. The summed E-state index contributed by atoms with van der Waals surface area (Å²) in [4.78, 5) is 24.4. The fourth-order valence-corrected chi connectivity index (χ4v) is 3.09. The van der Waals surface area contributed by atoms with Gasteiger partial charge < -0.3 is 10.6 Å². The van der Waals surface area contributed by atoms with Crippen molar-refractivity contribution in [3.8, 4) is 0 Å². The summed E-state index contributed by atoms with van der Waals surface area (Å²) < 4.78 is 1.11. The van der Waals surface area contributed by atoms with Crippen molar-refractivity contribution in [1.82, 2.24) is 5.32 Å². The van der Waals surface area contributed by atoms with E-state index in [2.05, 4.69) is 10.6 Å². The lowest BCUT2D eigenvalue weighted by Crippen LogP contribution is -2.41. The van der Waals surface area contributed by atoms with Crippen molar-refractivity contribution in [2.24, 2.45) is 0 Å². The van der Waals surface area contributed by atoms with Gasteiger partial charge in [-0.2, -0.15) is 0 Å². The molecule has 0 fully saturated rings. The predicted octanol–water partition coefficient (Wildman–Crippen LogP) is 3.66. The SMILES string of the molecule is CC(NC(=O)c1ccccc1)C(=O)Nc1cccc2sccc12. The first kappa shape index (κ1) is 15.2. The Hall–Kier alpha value is -2.66. The summed E-state index contributed by atoms with van der Waals surface area (Å²) in [6, 6.07) is 16.0. The van der Waals surface area contributed by atoms with Gasteiger partial charge in [-0.05, 0) is 42.6 Å². The molecule has 23 heavy (non-hydrogen) atoms. The average molecular weight is 324 g/mol. The lowest BCUT2D eigenvalue weighted by Gasteiger charge is -2.14. The molecular weight excluding hydrogens is 308 g/mol. The van der Waals surface area contributed by atoms with Gasteiger partial charge in [-0.25, -0.2) is 0 Å². The summed E-state index contributed by atoms with van der Waals surface area (Å²) >= 11 is 1.62. The zero-order valence-corrected chi connectivity index (χ0v) is 13.4. The Balaban J connectivity index is 1.68. The highest BCUT2D eigenvalue weighted by Crippen LogP contribution is 2.27. The van der Waals surface area contributed by atoms with E-state index in [1.165, 1.54) is 0 Å². The molecule has 0 saturated heterocycles. The van der Waals surface area contributed by atoms with Crippen LogP contribution >= 0.6 is 11.3 Å². The van der Waals surface area contributed by atoms with Gasteiger partial charge in [0.25, 0.3) is 5.91 Å². The van der Waals surface area contributed by atoms with Gasteiger partial charge in [-0.15, -0.1) is 11.3 Å². The normalized spacial score (nSPS) is 11.9. The Morgan fingerprint density at radius 1 is 1.00 bits per heavy atom. The quantitative estimate of drug-likeness (QED) is 0.769. The summed E-state index contributed by atoms with van der Waals surface area (Å²) in [5.41, 5.74) is 1.29. The van der Waals surface area contributed by atoms with Gasteiger partial charge in [0.05, 0.1) is 0 Å². The van der Waals surface area contributed by atoms with Crippen molar-refractivity contribution in [2.45, 2.75) is 13.0 Å². The zero-order valence-electron chi connectivity index (χ0n) is 12.6. The van der Waals surface area contributed by atoms with Crippen LogP contribution in [-0.4, -0.2) is 17.9 Å².